The first-order valence-electron chi connectivity index (χ1n) is 4.23. The van der Waals surface area contributed by atoms with Gasteiger partial charge in [0.15, 0.2) is 0 Å². The predicted octanol–water partition coefficient (Wildman–Crippen LogP) is 0.746. The van der Waals surface area contributed by atoms with Gasteiger partial charge in [-0.25, -0.2) is 4.98 Å². The highest BCUT2D eigenvalue weighted by Crippen LogP contribution is 2.23. The average Bonchev–Trinajstić information content (AvgIpc) is 2.18. The molecular weight excluding hydrogens is 212 g/mol. The smallest absolute Gasteiger partial charge is 0.252 e. The molecule has 0 radical (unpaired) electrons. The van der Waals surface area contributed by atoms with Gasteiger partial charge in [-0.05, 0) is 11.8 Å². The summed E-state index contributed by atoms with van der Waals surface area (Å²) >= 11 is 1.40. The van der Waals surface area contributed by atoms with Crippen LogP contribution in [0.1, 0.15) is 22.8 Å². The second-order valence-corrected chi connectivity index (χ2v) is 3.94. The number of rotatable bonds is 3. The number of carbonyl (C=O) groups is 1. The van der Waals surface area contributed by atoms with Crippen LogP contribution in [0.25, 0.3) is 0 Å². The van der Waals surface area contributed by atoms with Gasteiger partial charge in [-0.1, -0.05) is 6.92 Å². The number of nitrogen functional groups attached to an aromatic ring is 1. The fourth-order valence-corrected chi connectivity index (χ4v) is 1.73. The van der Waals surface area contributed by atoms with Gasteiger partial charge in [0.2, 0.25) is 0 Å². The number of thioether (sulfide) groups is 1. The molecule has 0 bridgehead atoms. The first-order valence-corrected chi connectivity index (χ1v) is 5.22. The highest BCUT2D eigenvalue weighted by atomic mass is 32.2. The van der Waals surface area contributed by atoms with Crippen molar-refractivity contribution in [2.45, 2.75) is 11.9 Å². The largest absolute Gasteiger partial charge is 0.383 e. The van der Waals surface area contributed by atoms with E-state index in [4.69, 9.17) is 16.7 Å². The summed E-state index contributed by atoms with van der Waals surface area (Å²) in [5.74, 6) is 0.166. The first kappa shape index (κ1) is 11.3. The molecule has 1 aromatic heterocycles. The Bertz CT molecular complexity index is 438. The lowest BCUT2D eigenvalue weighted by Gasteiger charge is -2.05. The Morgan fingerprint density at radius 2 is 2.40 bits per heavy atom. The van der Waals surface area contributed by atoms with Crippen molar-refractivity contribution in [3.05, 3.63) is 17.2 Å². The molecule has 1 rings (SSSR count). The Hall–Kier alpha value is -1.74. The summed E-state index contributed by atoms with van der Waals surface area (Å²) in [4.78, 5) is 14.9. The SMILES string of the molecule is CCSc1nc(N)c(C(N)=O)cc1C#N. The normalized spacial score (nSPS) is 9.60. The molecule has 15 heavy (non-hydrogen) atoms. The predicted molar refractivity (Wildman–Crippen MR) is 58.3 cm³/mol. The number of primary amides is 1. The maximum Gasteiger partial charge on any atom is 0.252 e. The van der Waals surface area contributed by atoms with Crippen molar-refractivity contribution in [2.24, 2.45) is 5.73 Å². The number of hydrogen-bond donors (Lipinski definition) is 2. The summed E-state index contributed by atoms with van der Waals surface area (Å²) in [6.45, 7) is 1.94. The molecule has 0 saturated carbocycles. The van der Waals surface area contributed by atoms with Crippen LogP contribution in [0.15, 0.2) is 11.1 Å². The lowest BCUT2D eigenvalue weighted by Crippen LogP contribution is -2.15. The number of nitrogens with two attached hydrogens (primary N) is 2. The number of aromatic nitrogens is 1. The van der Waals surface area contributed by atoms with Crippen LogP contribution in [0.5, 0.6) is 0 Å². The number of anilines is 1. The number of carbonyl (C=O) groups excluding carboxylic acids is 1. The van der Waals surface area contributed by atoms with Gasteiger partial charge in [-0.3, -0.25) is 4.79 Å². The van der Waals surface area contributed by atoms with Crippen LogP contribution in [0.4, 0.5) is 5.82 Å². The molecule has 5 nitrogen and oxygen atoms in total. The summed E-state index contributed by atoms with van der Waals surface area (Å²) in [6, 6.07) is 3.33. The van der Waals surface area contributed by atoms with Gasteiger partial charge >= 0.3 is 0 Å². The van der Waals surface area contributed by atoms with Crippen molar-refractivity contribution in [2.75, 3.05) is 11.5 Å². The van der Waals surface area contributed by atoms with Crippen molar-refractivity contribution in [1.82, 2.24) is 4.98 Å². The third-order valence-electron chi connectivity index (χ3n) is 1.68. The van der Waals surface area contributed by atoms with Gasteiger partial charge in [0, 0.05) is 0 Å². The van der Waals surface area contributed by atoms with E-state index in [0.29, 0.717) is 10.6 Å². The summed E-state index contributed by atoms with van der Waals surface area (Å²) in [5, 5.41) is 9.38. The minimum Gasteiger partial charge on any atom is -0.383 e. The molecule has 78 valence electrons. The van der Waals surface area contributed by atoms with Gasteiger partial charge < -0.3 is 11.5 Å². The average molecular weight is 222 g/mol. The monoisotopic (exact) mass is 222 g/mol. The fourth-order valence-electron chi connectivity index (χ4n) is 1.03. The van der Waals surface area contributed by atoms with Crippen molar-refractivity contribution >= 4 is 23.5 Å². The Kier molecular flexibility index (Phi) is 3.52. The number of amides is 1. The minimum atomic E-state index is -0.676. The van der Waals surface area contributed by atoms with Crippen LogP contribution in [0, 0.1) is 11.3 Å². The minimum absolute atomic E-state index is 0.0671. The van der Waals surface area contributed by atoms with E-state index in [1.165, 1.54) is 17.8 Å². The zero-order valence-corrected chi connectivity index (χ0v) is 8.97. The standard InChI is InChI=1S/C9H10N4OS/c1-2-15-9-5(4-10)3-6(8(12)14)7(11)13-9/h3H,2H2,1H3,(H2,11,13)(H2,12,14). The third-order valence-corrected chi connectivity index (χ3v) is 2.56. The van der Waals surface area contributed by atoms with Crippen LogP contribution in [0.2, 0.25) is 0 Å². The van der Waals surface area contributed by atoms with Gasteiger partial charge in [0.25, 0.3) is 5.91 Å². The highest BCUT2D eigenvalue weighted by molar-refractivity contribution is 7.99. The molecule has 1 aromatic rings. The van der Waals surface area contributed by atoms with E-state index in [0.717, 1.165) is 5.75 Å². The van der Waals surface area contributed by atoms with E-state index in [9.17, 15) is 4.79 Å². The molecule has 6 heteroatoms. The summed E-state index contributed by atoms with van der Waals surface area (Å²) < 4.78 is 0. The Balaban J connectivity index is 3.30. The van der Waals surface area contributed by atoms with E-state index in [1.54, 1.807) is 0 Å². The molecule has 0 aliphatic carbocycles. The second-order valence-electron chi connectivity index (χ2n) is 2.68. The number of hydrogen-bond acceptors (Lipinski definition) is 5. The van der Waals surface area contributed by atoms with Crippen LogP contribution in [-0.2, 0) is 0 Å². The van der Waals surface area contributed by atoms with E-state index >= 15 is 0 Å². The number of nitrogens with zero attached hydrogens (tertiary/aromatic N) is 2. The van der Waals surface area contributed by atoms with E-state index in [1.807, 2.05) is 13.0 Å². The van der Waals surface area contributed by atoms with Gasteiger partial charge in [-0.2, -0.15) is 5.26 Å². The lowest BCUT2D eigenvalue weighted by molar-refractivity contribution is 0.100. The Morgan fingerprint density at radius 3 is 2.87 bits per heavy atom. The van der Waals surface area contributed by atoms with Crippen LogP contribution >= 0.6 is 11.8 Å². The van der Waals surface area contributed by atoms with E-state index in [-0.39, 0.29) is 11.4 Å². The molecule has 0 aromatic carbocycles. The van der Waals surface area contributed by atoms with Gasteiger partial charge in [-0.15, -0.1) is 11.8 Å². The first-order chi connectivity index (χ1) is 7.10. The molecule has 0 spiro atoms. The maximum absolute atomic E-state index is 10.9. The summed E-state index contributed by atoms with van der Waals surface area (Å²) in [6.07, 6.45) is 0. The number of nitriles is 1. The molecule has 4 N–H and O–H groups in total. The van der Waals surface area contributed by atoms with Crippen LogP contribution in [-0.4, -0.2) is 16.6 Å². The summed E-state index contributed by atoms with van der Waals surface area (Å²) in [5.41, 5.74) is 11.0. The van der Waals surface area contributed by atoms with Gasteiger partial charge in [0.05, 0.1) is 11.1 Å². The summed E-state index contributed by atoms with van der Waals surface area (Å²) in [7, 11) is 0. The Morgan fingerprint density at radius 1 is 1.73 bits per heavy atom. The topological polar surface area (TPSA) is 106 Å². The molecule has 0 fully saturated rings. The van der Waals surface area contributed by atoms with E-state index < -0.39 is 5.91 Å². The zero-order valence-electron chi connectivity index (χ0n) is 8.15. The Labute approximate surface area is 91.5 Å². The molecule has 0 saturated heterocycles. The molecular formula is C9H10N4OS. The van der Waals surface area contributed by atoms with Crippen molar-refractivity contribution in [3.8, 4) is 6.07 Å². The molecule has 1 amide bonds. The van der Waals surface area contributed by atoms with Crippen LogP contribution < -0.4 is 11.5 Å². The maximum atomic E-state index is 10.9. The molecule has 0 aliphatic heterocycles. The molecule has 0 aliphatic rings. The van der Waals surface area contributed by atoms with Crippen molar-refractivity contribution in [3.63, 3.8) is 0 Å². The van der Waals surface area contributed by atoms with Crippen LogP contribution in [0.3, 0.4) is 0 Å². The highest BCUT2D eigenvalue weighted by Gasteiger charge is 2.13. The van der Waals surface area contributed by atoms with Crippen molar-refractivity contribution in [1.29, 1.82) is 5.26 Å². The third kappa shape index (κ3) is 2.39. The zero-order chi connectivity index (χ0) is 11.4. The van der Waals surface area contributed by atoms with E-state index in [2.05, 4.69) is 4.98 Å². The molecule has 1 heterocycles. The second kappa shape index (κ2) is 4.66. The quantitative estimate of drug-likeness (QED) is 0.734. The van der Waals surface area contributed by atoms with Crippen molar-refractivity contribution < 1.29 is 4.79 Å². The fraction of sp³-hybridized carbons (Fsp3) is 0.222. The lowest BCUT2D eigenvalue weighted by atomic mass is 10.2. The molecule has 0 atom stereocenters. The molecule has 0 unspecified atom stereocenters. The van der Waals surface area contributed by atoms with Gasteiger partial charge in [0.1, 0.15) is 16.9 Å². The number of pyridine rings is 1.